The Morgan fingerprint density at radius 1 is 1.23 bits per heavy atom. The number of carbonyl (C=O) groups is 1. The zero-order valence-electron chi connectivity index (χ0n) is 14.1. The van der Waals surface area contributed by atoms with Crippen LogP contribution in [0.25, 0.3) is 11.5 Å². The molecule has 2 aromatic carbocycles. The second kappa shape index (κ2) is 8.01. The third-order valence-corrected chi connectivity index (χ3v) is 4.42. The zero-order valence-corrected chi connectivity index (χ0v) is 14.9. The maximum atomic E-state index is 13.2. The lowest BCUT2D eigenvalue weighted by atomic mass is 10.2. The summed E-state index contributed by atoms with van der Waals surface area (Å²) in [5.74, 6) is 0.382. The highest BCUT2D eigenvalue weighted by Crippen LogP contribution is 2.27. The molecule has 0 spiro atoms. The Morgan fingerprint density at radius 3 is 2.69 bits per heavy atom. The fraction of sp³-hybridized carbons (Fsp3) is 0.167. The molecule has 8 heteroatoms. The van der Waals surface area contributed by atoms with Crippen molar-refractivity contribution in [3.05, 3.63) is 54.3 Å². The Bertz CT molecular complexity index is 899. The Balaban J connectivity index is 1.63. The average Bonchev–Trinajstić information content (AvgIpc) is 3.10. The van der Waals surface area contributed by atoms with Crippen LogP contribution in [0.2, 0.25) is 0 Å². The first-order chi connectivity index (χ1) is 12.5. The topological polar surface area (TPSA) is 77.2 Å². The molecule has 0 saturated heterocycles. The summed E-state index contributed by atoms with van der Waals surface area (Å²) in [6.45, 7) is 1.70. The van der Waals surface area contributed by atoms with E-state index in [0.29, 0.717) is 11.6 Å². The van der Waals surface area contributed by atoms with Crippen LogP contribution < -0.4 is 10.1 Å². The lowest BCUT2D eigenvalue weighted by Crippen LogP contribution is -2.22. The number of nitrogens with zero attached hydrogens (tertiary/aromatic N) is 2. The van der Waals surface area contributed by atoms with Gasteiger partial charge < -0.3 is 14.5 Å². The first-order valence-corrected chi connectivity index (χ1v) is 8.64. The third kappa shape index (κ3) is 4.40. The SMILES string of the molecule is COc1ccc(-c2nnc(S[C@@H](C)C(=O)Nc3cccc(F)c3)o2)cc1. The number of benzene rings is 2. The number of hydrogen-bond acceptors (Lipinski definition) is 6. The molecular formula is C18H16FN3O3S. The number of hydrogen-bond donors (Lipinski definition) is 1. The molecule has 1 heterocycles. The molecule has 6 nitrogen and oxygen atoms in total. The molecule has 0 radical (unpaired) electrons. The summed E-state index contributed by atoms with van der Waals surface area (Å²) in [7, 11) is 1.59. The molecule has 0 bridgehead atoms. The predicted molar refractivity (Wildman–Crippen MR) is 96.6 cm³/mol. The Kier molecular flexibility index (Phi) is 5.52. The number of ether oxygens (including phenoxy) is 1. The van der Waals surface area contributed by atoms with Gasteiger partial charge in [0, 0.05) is 11.3 Å². The normalized spacial score (nSPS) is 11.8. The van der Waals surface area contributed by atoms with Crippen LogP contribution >= 0.6 is 11.8 Å². The minimum absolute atomic E-state index is 0.276. The summed E-state index contributed by atoms with van der Waals surface area (Å²) in [6, 6.07) is 12.9. The Morgan fingerprint density at radius 2 is 2.00 bits per heavy atom. The number of methoxy groups -OCH3 is 1. The van der Waals surface area contributed by atoms with Crippen molar-refractivity contribution in [3.8, 4) is 17.2 Å². The summed E-state index contributed by atoms with van der Waals surface area (Å²) in [4.78, 5) is 12.2. The van der Waals surface area contributed by atoms with Crippen molar-refractivity contribution in [2.45, 2.75) is 17.4 Å². The molecule has 0 aliphatic rings. The smallest absolute Gasteiger partial charge is 0.277 e. The van der Waals surface area contributed by atoms with Crippen molar-refractivity contribution in [3.63, 3.8) is 0 Å². The lowest BCUT2D eigenvalue weighted by molar-refractivity contribution is -0.115. The summed E-state index contributed by atoms with van der Waals surface area (Å²) in [6.07, 6.45) is 0. The highest BCUT2D eigenvalue weighted by molar-refractivity contribution is 8.00. The monoisotopic (exact) mass is 373 g/mol. The van der Waals surface area contributed by atoms with Crippen LogP contribution in [-0.2, 0) is 4.79 Å². The fourth-order valence-corrected chi connectivity index (χ4v) is 2.81. The quantitative estimate of drug-likeness (QED) is 0.658. The number of anilines is 1. The summed E-state index contributed by atoms with van der Waals surface area (Å²) >= 11 is 1.13. The standard InChI is InChI=1S/C18H16FN3O3S/c1-11(16(23)20-14-5-3-4-13(19)10-14)26-18-22-21-17(25-18)12-6-8-15(24-2)9-7-12/h3-11H,1-2H3,(H,20,23)/t11-/m0/s1. The number of thioether (sulfide) groups is 1. The van der Waals surface area contributed by atoms with Gasteiger partial charge in [0.25, 0.3) is 5.22 Å². The molecule has 134 valence electrons. The highest BCUT2D eigenvalue weighted by atomic mass is 32.2. The minimum Gasteiger partial charge on any atom is -0.497 e. The molecule has 0 saturated carbocycles. The number of amides is 1. The molecule has 1 atom stereocenters. The molecule has 0 aliphatic heterocycles. The lowest BCUT2D eigenvalue weighted by Gasteiger charge is -2.09. The van der Waals surface area contributed by atoms with Gasteiger partial charge in [0.2, 0.25) is 11.8 Å². The van der Waals surface area contributed by atoms with E-state index >= 15 is 0 Å². The van der Waals surface area contributed by atoms with Crippen molar-refractivity contribution in [2.24, 2.45) is 0 Å². The molecule has 0 fully saturated rings. The van der Waals surface area contributed by atoms with Crippen LogP contribution in [0.1, 0.15) is 6.92 Å². The first-order valence-electron chi connectivity index (χ1n) is 7.76. The maximum Gasteiger partial charge on any atom is 0.277 e. The second-order valence-electron chi connectivity index (χ2n) is 5.36. The van der Waals surface area contributed by atoms with Crippen LogP contribution in [0.4, 0.5) is 10.1 Å². The molecule has 26 heavy (non-hydrogen) atoms. The van der Waals surface area contributed by atoms with Gasteiger partial charge in [-0.05, 0) is 49.4 Å². The maximum absolute atomic E-state index is 13.2. The summed E-state index contributed by atoms with van der Waals surface area (Å²) < 4.78 is 23.9. The number of aromatic nitrogens is 2. The van der Waals surface area contributed by atoms with E-state index in [-0.39, 0.29) is 11.1 Å². The van der Waals surface area contributed by atoms with Gasteiger partial charge in [0.05, 0.1) is 12.4 Å². The van der Waals surface area contributed by atoms with Gasteiger partial charge in [-0.1, -0.05) is 17.8 Å². The van der Waals surface area contributed by atoms with Gasteiger partial charge in [0.1, 0.15) is 11.6 Å². The van der Waals surface area contributed by atoms with Crippen molar-refractivity contribution in [1.82, 2.24) is 10.2 Å². The summed E-state index contributed by atoms with van der Waals surface area (Å²) in [5, 5.41) is 10.4. The van der Waals surface area contributed by atoms with Gasteiger partial charge >= 0.3 is 0 Å². The number of halogens is 1. The average molecular weight is 373 g/mol. The second-order valence-corrected chi connectivity index (χ2v) is 6.65. The minimum atomic E-state index is -0.498. The van der Waals surface area contributed by atoms with E-state index in [1.807, 2.05) is 0 Å². The van der Waals surface area contributed by atoms with Crippen LogP contribution in [0, 0.1) is 5.82 Å². The van der Waals surface area contributed by atoms with Gasteiger partial charge in [-0.2, -0.15) is 0 Å². The highest BCUT2D eigenvalue weighted by Gasteiger charge is 2.19. The Hall–Kier alpha value is -2.87. The third-order valence-electron chi connectivity index (χ3n) is 3.48. The largest absolute Gasteiger partial charge is 0.497 e. The summed E-state index contributed by atoms with van der Waals surface area (Å²) in [5.41, 5.74) is 1.15. The van der Waals surface area contributed by atoms with Crippen molar-refractivity contribution in [2.75, 3.05) is 12.4 Å². The van der Waals surface area contributed by atoms with Crippen LogP contribution in [0.3, 0.4) is 0 Å². The molecule has 1 aromatic heterocycles. The molecule has 3 aromatic rings. The first kappa shape index (κ1) is 17.9. The van der Waals surface area contributed by atoms with E-state index < -0.39 is 11.1 Å². The number of nitrogens with one attached hydrogen (secondary N) is 1. The van der Waals surface area contributed by atoms with E-state index in [1.165, 1.54) is 18.2 Å². The number of rotatable bonds is 6. The van der Waals surface area contributed by atoms with E-state index in [2.05, 4.69) is 15.5 Å². The predicted octanol–water partition coefficient (Wildman–Crippen LogP) is 4.00. The van der Waals surface area contributed by atoms with Crippen LogP contribution in [0.5, 0.6) is 5.75 Å². The number of carbonyl (C=O) groups excluding carboxylic acids is 1. The molecule has 0 unspecified atom stereocenters. The van der Waals surface area contributed by atoms with Gasteiger partial charge in [0.15, 0.2) is 0 Å². The molecule has 3 rings (SSSR count). The molecule has 1 amide bonds. The van der Waals surface area contributed by atoms with E-state index in [0.717, 1.165) is 23.1 Å². The van der Waals surface area contributed by atoms with Gasteiger partial charge in [-0.3, -0.25) is 4.79 Å². The van der Waals surface area contributed by atoms with Crippen molar-refractivity contribution < 1.29 is 18.3 Å². The van der Waals surface area contributed by atoms with E-state index in [4.69, 9.17) is 9.15 Å². The van der Waals surface area contributed by atoms with Crippen LogP contribution in [-0.4, -0.2) is 28.5 Å². The van der Waals surface area contributed by atoms with Crippen molar-refractivity contribution in [1.29, 1.82) is 0 Å². The van der Waals surface area contributed by atoms with Crippen molar-refractivity contribution >= 4 is 23.4 Å². The Labute approximate surface area is 153 Å². The zero-order chi connectivity index (χ0) is 18.5. The van der Waals surface area contributed by atoms with E-state index in [9.17, 15) is 9.18 Å². The van der Waals surface area contributed by atoms with Gasteiger partial charge in [-0.25, -0.2) is 4.39 Å². The fourth-order valence-electron chi connectivity index (χ4n) is 2.12. The van der Waals surface area contributed by atoms with E-state index in [1.54, 1.807) is 44.4 Å². The van der Waals surface area contributed by atoms with Gasteiger partial charge in [-0.15, -0.1) is 10.2 Å². The molecule has 1 N–H and O–H groups in total. The van der Waals surface area contributed by atoms with Crippen LogP contribution in [0.15, 0.2) is 58.2 Å². The molecule has 0 aliphatic carbocycles. The molecular weight excluding hydrogens is 357 g/mol.